The number of hydrogen-bond donors (Lipinski definition) is 0. The predicted molar refractivity (Wildman–Crippen MR) is 233 cm³/mol. The molecule has 0 N–H and O–H groups in total. The molecule has 264 valence electrons. The molecule has 0 amide bonds. The standard InChI is InChI=1S/C54H33N3/c1-3-13-35(14-4-1)51-55-52(36-15-5-2-6-16-36)57-53(56-51)37-25-23-34(24-26-37)40-27-29-42-41(31-40)28-30-45-46-32-38-17-7-8-18-39(38)33-49(46)54(50(42)45)47-21-11-9-19-43(47)44-20-10-12-22-48(44)54/h1-33H. The van der Waals surface area contributed by atoms with E-state index in [-0.39, 0.29) is 0 Å². The summed E-state index contributed by atoms with van der Waals surface area (Å²) in [6.45, 7) is 0. The van der Waals surface area contributed by atoms with E-state index in [9.17, 15) is 0 Å². The van der Waals surface area contributed by atoms with Crippen molar-refractivity contribution in [3.05, 3.63) is 222 Å². The summed E-state index contributed by atoms with van der Waals surface area (Å²) in [5, 5.41) is 5.05. The van der Waals surface area contributed by atoms with Crippen molar-refractivity contribution in [1.82, 2.24) is 15.0 Å². The van der Waals surface area contributed by atoms with Gasteiger partial charge in [0.1, 0.15) is 0 Å². The predicted octanol–water partition coefficient (Wildman–Crippen LogP) is 13.2. The highest BCUT2D eigenvalue weighted by molar-refractivity contribution is 6.06. The van der Waals surface area contributed by atoms with Crippen molar-refractivity contribution in [3.63, 3.8) is 0 Å². The third-order valence-electron chi connectivity index (χ3n) is 12.1. The average molecular weight is 724 g/mol. The van der Waals surface area contributed by atoms with Gasteiger partial charge in [-0.2, -0.15) is 0 Å². The summed E-state index contributed by atoms with van der Waals surface area (Å²) >= 11 is 0. The normalized spacial score (nSPS) is 13.1. The summed E-state index contributed by atoms with van der Waals surface area (Å²) in [6, 6.07) is 72.3. The van der Waals surface area contributed by atoms with Crippen molar-refractivity contribution >= 4 is 21.5 Å². The van der Waals surface area contributed by atoms with Gasteiger partial charge in [-0.05, 0) is 95.4 Å². The van der Waals surface area contributed by atoms with Gasteiger partial charge in [0.05, 0.1) is 5.41 Å². The van der Waals surface area contributed by atoms with Crippen molar-refractivity contribution < 1.29 is 0 Å². The molecule has 9 aromatic carbocycles. The zero-order valence-electron chi connectivity index (χ0n) is 30.9. The van der Waals surface area contributed by atoms with Gasteiger partial charge in [-0.3, -0.25) is 0 Å². The van der Waals surface area contributed by atoms with E-state index >= 15 is 0 Å². The van der Waals surface area contributed by atoms with Crippen LogP contribution in [0.3, 0.4) is 0 Å². The van der Waals surface area contributed by atoms with Crippen LogP contribution in [0.4, 0.5) is 0 Å². The maximum absolute atomic E-state index is 4.96. The summed E-state index contributed by atoms with van der Waals surface area (Å²) in [5.41, 5.74) is 15.5. The first-order valence-corrected chi connectivity index (χ1v) is 19.5. The Hall–Kier alpha value is -7.49. The largest absolute Gasteiger partial charge is 0.208 e. The second kappa shape index (κ2) is 12.3. The van der Waals surface area contributed by atoms with Crippen LogP contribution in [-0.2, 0) is 5.41 Å². The first kappa shape index (κ1) is 31.8. The molecule has 0 saturated carbocycles. The molecule has 10 aromatic rings. The Labute approximate surface area is 330 Å². The van der Waals surface area contributed by atoms with Gasteiger partial charge in [0, 0.05) is 16.7 Å². The van der Waals surface area contributed by atoms with E-state index in [0.717, 1.165) is 22.3 Å². The van der Waals surface area contributed by atoms with Crippen molar-refractivity contribution in [2.45, 2.75) is 5.41 Å². The number of fused-ring (bicyclic) bond motifs is 13. The topological polar surface area (TPSA) is 38.7 Å². The minimum absolute atomic E-state index is 0.424. The first-order valence-electron chi connectivity index (χ1n) is 19.5. The molecular weight excluding hydrogens is 691 g/mol. The third-order valence-corrected chi connectivity index (χ3v) is 12.1. The molecule has 1 heterocycles. The van der Waals surface area contributed by atoms with Crippen LogP contribution in [0.1, 0.15) is 22.3 Å². The lowest BCUT2D eigenvalue weighted by molar-refractivity contribution is 0.802. The fourth-order valence-electron chi connectivity index (χ4n) is 9.59. The van der Waals surface area contributed by atoms with E-state index in [4.69, 9.17) is 15.0 Å². The van der Waals surface area contributed by atoms with Crippen molar-refractivity contribution in [1.29, 1.82) is 0 Å². The van der Waals surface area contributed by atoms with Crippen molar-refractivity contribution in [2.75, 3.05) is 0 Å². The van der Waals surface area contributed by atoms with Crippen LogP contribution in [0.2, 0.25) is 0 Å². The molecule has 0 atom stereocenters. The number of benzene rings is 9. The number of nitrogens with zero attached hydrogens (tertiary/aromatic N) is 3. The van der Waals surface area contributed by atoms with Gasteiger partial charge >= 0.3 is 0 Å². The SMILES string of the molecule is c1ccc(-c2nc(-c3ccccc3)nc(-c3ccc(-c4ccc5c6c(ccc5c4)-c4cc5ccccc5cc4C64c5ccccc5-c5ccccc54)cc3)n2)cc1. The fourth-order valence-corrected chi connectivity index (χ4v) is 9.59. The average Bonchev–Trinajstić information content (AvgIpc) is 3.75. The summed E-state index contributed by atoms with van der Waals surface area (Å²) in [7, 11) is 0. The molecule has 0 unspecified atom stereocenters. The summed E-state index contributed by atoms with van der Waals surface area (Å²) < 4.78 is 0. The highest BCUT2D eigenvalue weighted by Crippen LogP contribution is 2.64. The van der Waals surface area contributed by atoms with Crippen LogP contribution >= 0.6 is 0 Å². The Morgan fingerprint density at radius 1 is 0.281 bits per heavy atom. The van der Waals surface area contributed by atoms with E-state index in [1.165, 1.54) is 71.6 Å². The minimum atomic E-state index is -0.424. The van der Waals surface area contributed by atoms with Crippen LogP contribution in [0.25, 0.3) is 89.1 Å². The Morgan fingerprint density at radius 3 is 1.39 bits per heavy atom. The molecule has 0 fully saturated rings. The minimum Gasteiger partial charge on any atom is -0.208 e. The molecule has 0 aliphatic heterocycles. The second-order valence-electron chi connectivity index (χ2n) is 15.1. The quantitative estimate of drug-likeness (QED) is 0.181. The van der Waals surface area contributed by atoms with Gasteiger partial charge in [-0.15, -0.1) is 0 Å². The van der Waals surface area contributed by atoms with Crippen LogP contribution in [0, 0.1) is 0 Å². The number of hydrogen-bond acceptors (Lipinski definition) is 3. The van der Waals surface area contributed by atoms with E-state index in [2.05, 4.69) is 140 Å². The molecule has 0 bridgehead atoms. The van der Waals surface area contributed by atoms with Gasteiger partial charge in [-0.25, -0.2) is 15.0 Å². The van der Waals surface area contributed by atoms with E-state index < -0.39 is 5.41 Å². The van der Waals surface area contributed by atoms with Gasteiger partial charge in [0.15, 0.2) is 17.5 Å². The molecule has 3 nitrogen and oxygen atoms in total. The summed E-state index contributed by atoms with van der Waals surface area (Å²) in [5.74, 6) is 1.97. The maximum atomic E-state index is 4.96. The number of aromatic nitrogens is 3. The lowest BCUT2D eigenvalue weighted by Crippen LogP contribution is -2.26. The lowest BCUT2D eigenvalue weighted by atomic mass is 9.69. The highest BCUT2D eigenvalue weighted by atomic mass is 15.0. The Morgan fingerprint density at radius 2 is 0.772 bits per heavy atom. The van der Waals surface area contributed by atoms with Crippen LogP contribution in [0.15, 0.2) is 200 Å². The van der Waals surface area contributed by atoms with Gasteiger partial charge in [0.2, 0.25) is 0 Å². The van der Waals surface area contributed by atoms with E-state index in [1.807, 2.05) is 60.7 Å². The molecule has 57 heavy (non-hydrogen) atoms. The van der Waals surface area contributed by atoms with Crippen LogP contribution in [0.5, 0.6) is 0 Å². The van der Waals surface area contributed by atoms with Crippen molar-refractivity contribution in [2.24, 2.45) is 0 Å². The highest BCUT2D eigenvalue weighted by Gasteiger charge is 2.52. The van der Waals surface area contributed by atoms with Crippen molar-refractivity contribution in [3.8, 4) is 67.5 Å². The molecule has 0 saturated heterocycles. The van der Waals surface area contributed by atoms with E-state index in [1.54, 1.807) is 0 Å². The molecule has 2 aliphatic carbocycles. The molecule has 1 spiro atoms. The first-order chi connectivity index (χ1) is 28.2. The molecule has 0 radical (unpaired) electrons. The second-order valence-corrected chi connectivity index (χ2v) is 15.1. The van der Waals surface area contributed by atoms with Gasteiger partial charge in [-0.1, -0.05) is 182 Å². The fraction of sp³-hybridized carbons (Fsp3) is 0.0185. The maximum Gasteiger partial charge on any atom is 0.164 e. The number of rotatable bonds is 4. The van der Waals surface area contributed by atoms with Crippen LogP contribution in [-0.4, -0.2) is 15.0 Å². The Bertz CT molecular complexity index is 3120. The smallest absolute Gasteiger partial charge is 0.164 e. The van der Waals surface area contributed by atoms with Gasteiger partial charge < -0.3 is 0 Å². The molecular formula is C54H33N3. The molecule has 1 aromatic heterocycles. The third kappa shape index (κ3) is 4.69. The molecule has 12 rings (SSSR count). The Kier molecular flexibility index (Phi) is 6.84. The van der Waals surface area contributed by atoms with Crippen LogP contribution < -0.4 is 0 Å². The Balaban J connectivity index is 1.00. The summed E-state index contributed by atoms with van der Waals surface area (Å²) in [4.78, 5) is 14.8. The summed E-state index contributed by atoms with van der Waals surface area (Å²) in [6.07, 6.45) is 0. The lowest BCUT2D eigenvalue weighted by Gasteiger charge is -2.31. The zero-order valence-corrected chi connectivity index (χ0v) is 30.9. The molecule has 3 heteroatoms. The van der Waals surface area contributed by atoms with Gasteiger partial charge in [0.25, 0.3) is 0 Å². The monoisotopic (exact) mass is 723 g/mol. The molecule has 2 aliphatic rings. The van der Waals surface area contributed by atoms with E-state index in [0.29, 0.717) is 17.5 Å². The zero-order chi connectivity index (χ0) is 37.5.